The van der Waals surface area contributed by atoms with Gasteiger partial charge in [-0.25, -0.2) is 19.2 Å². The van der Waals surface area contributed by atoms with E-state index in [0.29, 0.717) is 0 Å². The molecule has 8 nitrogen and oxygen atoms in total. The Morgan fingerprint density at radius 3 is 1.17 bits per heavy atom. The quantitative estimate of drug-likeness (QED) is 0.483. The monoisotopic (exact) mass is 406 g/mol. The fourth-order valence-electron chi connectivity index (χ4n) is 3.07. The van der Waals surface area contributed by atoms with Gasteiger partial charge in [0, 0.05) is 0 Å². The molecule has 4 N–H and O–H groups in total. The number of carboxylic acid groups (broad SMARTS) is 4. The van der Waals surface area contributed by atoms with E-state index in [1.54, 1.807) is 0 Å². The normalized spacial score (nSPS) is 10.4. The summed E-state index contributed by atoms with van der Waals surface area (Å²) in [5.41, 5.74) is -0.169. The highest BCUT2D eigenvalue weighted by Gasteiger charge is 2.21. The molecular formula is C22H14O8. The number of hydrogen-bond acceptors (Lipinski definition) is 4. The molecule has 0 aliphatic carbocycles. The highest BCUT2D eigenvalue weighted by Crippen LogP contribution is 2.33. The molecule has 0 spiro atoms. The lowest BCUT2D eigenvalue weighted by Crippen LogP contribution is -2.07. The van der Waals surface area contributed by atoms with Gasteiger partial charge in [0.2, 0.25) is 0 Å². The van der Waals surface area contributed by atoms with Gasteiger partial charge in [-0.2, -0.15) is 0 Å². The Bertz CT molecular complexity index is 1110. The summed E-state index contributed by atoms with van der Waals surface area (Å²) in [5.74, 6) is -5.12. The lowest BCUT2D eigenvalue weighted by Gasteiger charge is -2.14. The standard InChI is InChI=1S/C22H14O8/c23-19(24)13-5-1-3-11(7-13)15-9-18(22(29)30)16(10-17(15)21(27)28)12-4-2-6-14(8-12)20(25)26/h1-10H,(H,23,24)(H,25,26)(H,27,28)(H,29,30). The van der Waals surface area contributed by atoms with Crippen molar-refractivity contribution in [3.8, 4) is 22.3 Å². The van der Waals surface area contributed by atoms with Crippen molar-refractivity contribution in [3.05, 3.63) is 82.9 Å². The molecule has 0 fully saturated rings. The van der Waals surface area contributed by atoms with E-state index in [0.717, 1.165) is 12.1 Å². The van der Waals surface area contributed by atoms with E-state index < -0.39 is 23.9 Å². The molecule has 0 aliphatic heterocycles. The Morgan fingerprint density at radius 2 is 0.867 bits per heavy atom. The average Bonchev–Trinajstić information content (AvgIpc) is 2.72. The molecule has 8 heteroatoms. The van der Waals surface area contributed by atoms with Gasteiger partial charge >= 0.3 is 23.9 Å². The second kappa shape index (κ2) is 7.88. The van der Waals surface area contributed by atoms with Crippen LogP contribution in [0.1, 0.15) is 41.4 Å². The Morgan fingerprint density at radius 1 is 0.500 bits per heavy atom. The summed E-state index contributed by atoms with van der Waals surface area (Å²) in [5, 5.41) is 37.7. The van der Waals surface area contributed by atoms with Gasteiger partial charge in [-0.05, 0) is 58.7 Å². The van der Waals surface area contributed by atoms with Crippen molar-refractivity contribution >= 4 is 23.9 Å². The molecule has 0 aliphatic rings. The fraction of sp³-hybridized carbons (Fsp3) is 0. The van der Waals surface area contributed by atoms with Crippen molar-refractivity contribution < 1.29 is 39.6 Å². The maximum atomic E-state index is 11.9. The van der Waals surface area contributed by atoms with Gasteiger partial charge < -0.3 is 20.4 Å². The molecule has 0 aromatic heterocycles. The lowest BCUT2D eigenvalue weighted by atomic mass is 9.89. The Hall–Kier alpha value is -4.46. The lowest BCUT2D eigenvalue weighted by molar-refractivity contribution is 0.0682. The van der Waals surface area contributed by atoms with Crippen molar-refractivity contribution in [2.75, 3.05) is 0 Å². The second-order valence-electron chi connectivity index (χ2n) is 6.33. The average molecular weight is 406 g/mol. The van der Waals surface area contributed by atoms with E-state index >= 15 is 0 Å². The third kappa shape index (κ3) is 3.88. The van der Waals surface area contributed by atoms with Gasteiger partial charge in [0.15, 0.2) is 0 Å². The SMILES string of the molecule is O=C(O)c1cccc(-c2cc(C(=O)O)c(-c3cccc(C(=O)O)c3)cc2C(=O)O)c1. The summed E-state index contributed by atoms with van der Waals surface area (Å²) in [6.45, 7) is 0. The first-order chi connectivity index (χ1) is 14.2. The largest absolute Gasteiger partial charge is 0.478 e. The molecule has 30 heavy (non-hydrogen) atoms. The van der Waals surface area contributed by atoms with Gasteiger partial charge in [-0.1, -0.05) is 24.3 Å². The van der Waals surface area contributed by atoms with E-state index in [-0.39, 0.29) is 44.5 Å². The zero-order chi connectivity index (χ0) is 22.0. The van der Waals surface area contributed by atoms with Crippen LogP contribution < -0.4 is 0 Å². The predicted molar refractivity (Wildman–Crippen MR) is 105 cm³/mol. The molecule has 0 bridgehead atoms. The van der Waals surface area contributed by atoms with Gasteiger partial charge in [0.1, 0.15) is 0 Å². The molecule has 0 saturated heterocycles. The Balaban J connectivity index is 2.31. The minimum Gasteiger partial charge on any atom is -0.478 e. The zero-order valence-electron chi connectivity index (χ0n) is 15.2. The second-order valence-corrected chi connectivity index (χ2v) is 6.33. The Labute approximate surface area is 169 Å². The van der Waals surface area contributed by atoms with Gasteiger partial charge in [0.25, 0.3) is 0 Å². The first kappa shape index (κ1) is 20.3. The van der Waals surface area contributed by atoms with E-state index in [2.05, 4.69) is 0 Å². The van der Waals surface area contributed by atoms with Gasteiger partial charge in [-0.15, -0.1) is 0 Å². The summed E-state index contributed by atoms with van der Waals surface area (Å²) in [6.07, 6.45) is 0. The van der Waals surface area contributed by atoms with Crippen molar-refractivity contribution in [2.24, 2.45) is 0 Å². The first-order valence-corrected chi connectivity index (χ1v) is 8.51. The summed E-state index contributed by atoms with van der Waals surface area (Å²) in [6, 6.07) is 13.3. The van der Waals surface area contributed by atoms with Crippen molar-refractivity contribution in [1.82, 2.24) is 0 Å². The van der Waals surface area contributed by atoms with Crippen molar-refractivity contribution in [2.45, 2.75) is 0 Å². The topological polar surface area (TPSA) is 149 Å². The number of rotatable bonds is 6. The number of hydrogen-bond donors (Lipinski definition) is 4. The first-order valence-electron chi connectivity index (χ1n) is 8.51. The number of aromatic carboxylic acids is 4. The molecule has 0 unspecified atom stereocenters. The minimum absolute atomic E-state index is 0.0288. The summed E-state index contributed by atoms with van der Waals surface area (Å²) >= 11 is 0. The van der Waals surface area contributed by atoms with Crippen LogP contribution in [0.2, 0.25) is 0 Å². The fourth-order valence-corrected chi connectivity index (χ4v) is 3.07. The zero-order valence-corrected chi connectivity index (χ0v) is 15.2. The molecule has 0 amide bonds. The van der Waals surface area contributed by atoms with Crippen LogP contribution in [0.3, 0.4) is 0 Å². The highest BCUT2D eigenvalue weighted by atomic mass is 16.4. The summed E-state index contributed by atoms with van der Waals surface area (Å²) < 4.78 is 0. The Kier molecular flexibility index (Phi) is 5.33. The molecule has 0 atom stereocenters. The number of benzene rings is 3. The third-order valence-corrected chi connectivity index (χ3v) is 4.46. The molecule has 3 rings (SSSR count). The van der Waals surface area contributed by atoms with Crippen LogP contribution in [0.4, 0.5) is 0 Å². The van der Waals surface area contributed by atoms with Crippen LogP contribution in [-0.2, 0) is 0 Å². The van der Waals surface area contributed by atoms with E-state index in [1.807, 2.05) is 0 Å². The molecule has 3 aromatic carbocycles. The number of carbonyl (C=O) groups is 4. The molecule has 0 radical (unpaired) electrons. The van der Waals surface area contributed by atoms with Crippen LogP contribution in [0.5, 0.6) is 0 Å². The molecule has 0 heterocycles. The van der Waals surface area contributed by atoms with Gasteiger partial charge in [0.05, 0.1) is 22.3 Å². The predicted octanol–water partition coefficient (Wildman–Crippen LogP) is 3.81. The van der Waals surface area contributed by atoms with Gasteiger partial charge in [-0.3, -0.25) is 0 Å². The molecular weight excluding hydrogens is 392 g/mol. The summed E-state index contributed by atoms with van der Waals surface area (Å²) in [7, 11) is 0. The van der Waals surface area contributed by atoms with Crippen molar-refractivity contribution in [1.29, 1.82) is 0 Å². The number of carboxylic acids is 4. The summed E-state index contributed by atoms with van der Waals surface area (Å²) in [4.78, 5) is 46.3. The molecule has 150 valence electrons. The van der Waals surface area contributed by atoms with E-state index in [9.17, 15) is 39.6 Å². The molecule has 3 aromatic rings. The highest BCUT2D eigenvalue weighted by molar-refractivity contribution is 6.05. The van der Waals surface area contributed by atoms with E-state index in [4.69, 9.17) is 0 Å². The smallest absolute Gasteiger partial charge is 0.336 e. The van der Waals surface area contributed by atoms with Crippen LogP contribution in [0, 0.1) is 0 Å². The maximum absolute atomic E-state index is 11.9. The van der Waals surface area contributed by atoms with Crippen LogP contribution in [-0.4, -0.2) is 44.3 Å². The minimum atomic E-state index is -1.35. The molecule has 0 saturated carbocycles. The van der Waals surface area contributed by atoms with Crippen LogP contribution >= 0.6 is 0 Å². The maximum Gasteiger partial charge on any atom is 0.336 e. The van der Waals surface area contributed by atoms with Crippen LogP contribution in [0.25, 0.3) is 22.3 Å². The van der Waals surface area contributed by atoms with Crippen molar-refractivity contribution in [3.63, 3.8) is 0 Å². The van der Waals surface area contributed by atoms with E-state index in [1.165, 1.54) is 48.5 Å². The third-order valence-electron chi connectivity index (χ3n) is 4.46. The van der Waals surface area contributed by atoms with Crippen LogP contribution in [0.15, 0.2) is 60.7 Å².